The third-order valence-electron chi connectivity index (χ3n) is 4.75. The van der Waals surface area contributed by atoms with Crippen molar-refractivity contribution in [2.75, 3.05) is 20.0 Å². The molecule has 1 amide bonds. The highest BCUT2D eigenvalue weighted by Crippen LogP contribution is 2.30. The van der Waals surface area contributed by atoms with Crippen LogP contribution in [0.5, 0.6) is 11.5 Å². The topological polar surface area (TPSA) is 51.1 Å². The van der Waals surface area contributed by atoms with E-state index < -0.39 is 0 Å². The second-order valence-corrected chi connectivity index (χ2v) is 7.74. The number of benzene rings is 2. The zero-order valence-electron chi connectivity index (χ0n) is 17.2. The van der Waals surface area contributed by atoms with E-state index in [0.717, 1.165) is 34.2 Å². The molecule has 0 saturated carbocycles. The fraction of sp³-hybridized carbons (Fsp3) is 0.304. The molecular weight excluding hydrogens is 384 g/mol. The fourth-order valence-corrected chi connectivity index (χ4v) is 4.43. The number of rotatable bonds is 6. The highest BCUT2D eigenvalue weighted by molar-refractivity contribution is 8.14. The molecule has 0 spiro atoms. The predicted molar refractivity (Wildman–Crippen MR) is 120 cm³/mol. The van der Waals surface area contributed by atoms with Crippen molar-refractivity contribution in [3.63, 3.8) is 0 Å². The summed E-state index contributed by atoms with van der Waals surface area (Å²) in [4.78, 5) is 19.6. The van der Waals surface area contributed by atoms with Gasteiger partial charge < -0.3 is 9.47 Å². The van der Waals surface area contributed by atoms with Gasteiger partial charge in [-0.3, -0.25) is 9.69 Å². The Balaban J connectivity index is 1.88. The van der Waals surface area contributed by atoms with Crippen molar-refractivity contribution in [1.82, 2.24) is 4.90 Å². The molecule has 1 heterocycles. The van der Waals surface area contributed by atoms with Gasteiger partial charge in [-0.05, 0) is 55.3 Å². The minimum Gasteiger partial charge on any atom is -0.497 e. The number of methoxy groups -OCH3 is 2. The van der Waals surface area contributed by atoms with Gasteiger partial charge in [-0.15, -0.1) is 0 Å². The quantitative estimate of drug-likeness (QED) is 0.624. The maximum Gasteiger partial charge on any atom is 0.252 e. The summed E-state index contributed by atoms with van der Waals surface area (Å²) in [5.41, 5.74) is 2.79. The van der Waals surface area contributed by atoms with Crippen molar-refractivity contribution in [1.29, 1.82) is 0 Å². The van der Waals surface area contributed by atoms with Crippen LogP contribution in [-0.4, -0.2) is 42.0 Å². The largest absolute Gasteiger partial charge is 0.497 e. The van der Waals surface area contributed by atoms with Crippen LogP contribution in [-0.2, 0) is 4.79 Å². The minimum atomic E-state index is -0.0851. The number of amidine groups is 1. The lowest BCUT2D eigenvalue weighted by atomic mass is 10.1. The number of nitrogens with zero attached hydrogens (tertiary/aromatic N) is 2. The smallest absolute Gasteiger partial charge is 0.252 e. The number of carbonyl (C=O) groups excluding carboxylic acids is 1. The van der Waals surface area contributed by atoms with E-state index in [1.54, 1.807) is 43.0 Å². The number of carbonyl (C=O) groups is 1. The molecule has 0 aliphatic carbocycles. The van der Waals surface area contributed by atoms with E-state index in [1.807, 2.05) is 49.4 Å². The third-order valence-corrected chi connectivity index (χ3v) is 5.85. The van der Waals surface area contributed by atoms with Crippen LogP contribution in [0.2, 0.25) is 0 Å². The van der Waals surface area contributed by atoms with E-state index in [4.69, 9.17) is 14.5 Å². The summed E-state index contributed by atoms with van der Waals surface area (Å²) in [6, 6.07) is 13.6. The van der Waals surface area contributed by atoms with Crippen LogP contribution in [0.25, 0.3) is 6.08 Å². The predicted octanol–water partition coefficient (Wildman–Crippen LogP) is 5.07. The summed E-state index contributed by atoms with van der Waals surface area (Å²) in [5, 5.41) is 0.745. The molecule has 0 N–H and O–H groups in total. The van der Waals surface area contributed by atoms with Crippen LogP contribution in [0.4, 0.5) is 5.69 Å². The molecule has 2 aromatic rings. The van der Waals surface area contributed by atoms with Crippen molar-refractivity contribution >= 4 is 34.6 Å². The van der Waals surface area contributed by atoms with E-state index >= 15 is 0 Å². The summed E-state index contributed by atoms with van der Waals surface area (Å²) in [5.74, 6) is 2.16. The van der Waals surface area contributed by atoms with E-state index in [0.29, 0.717) is 11.5 Å². The average molecular weight is 411 g/mol. The molecule has 0 bridgehead atoms. The Morgan fingerprint density at radius 3 is 2.76 bits per heavy atom. The van der Waals surface area contributed by atoms with Crippen molar-refractivity contribution in [3.8, 4) is 11.5 Å². The number of ether oxygens (including phenoxy) is 2. The summed E-state index contributed by atoms with van der Waals surface area (Å²) < 4.78 is 10.7. The molecule has 1 atom stereocenters. The Labute approximate surface area is 176 Å². The van der Waals surface area contributed by atoms with Gasteiger partial charge in [0, 0.05) is 23.4 Å². The number of aliphatic imine (C=N–C) groups is 1. The van der Waals surface area contributed by atoms with Crippen LogP contribution in [0.1, 0.15) is 24.5 Å². The molecule has 6 heteroatoms. The molecule has 1 aliphatic rings. The molecule has 1 fully saturated rings. The van der Waals surface area contributed by atoms with Crippen LogP contribution in [0, 0.1) is 6.92 Å². The molecule has 5 nitrogen and oxygen atoms in total. The van der Waals surface area contributed by atoms with Gasteiger partial charge in [0.1, 0.15) is 11.5 Å². The van der Waals surface area contributed by atoms with Crippen molar-refractivity contribution in [2.24, 2.45) is 4.99 Å². The first-order chi connectivity index (χ1) is 14.0. The number of aryl methyl sites for hydroxylation is 1. The van der Waals surface area contributed by atoms with E-state index in [2.05, 4.69) is 6.92 Å². The normalized spacial score (nSPS) is 17.9. The SMILES string of the molecule is CC[C@@H]1CSC(=Nc2cccc(C)c2)N1C(=O)/C=C/c1cc(OC)ccc1OC. The summed E-state index contributed by atoms with van der Waals surface area (Å²) in [6.07, 6.45) is 4.23. The standard InChI is InChI=1S/C23H26N2O3S/c1-5-19-15-29-23(24-18-8-6-7-16(2)13-18)25(19)22(26)12-9-17-14-20(27-3)10-11-21(17)28-4/h6-14,19H,5,15H2,1-4H3/b12-9+,24-23?/t19-/m1/s1. The van der Waals surface area contributed by atoms with Gasteiger partial charge in [-0.25, -0.2) is 4.99 Å². The van der Waals surface area contributed by atoms with E-state index in [-0.39, 0.29) is 11.9 Å². The fourth-order valence-electron chi connectivity index (χ4n) is 3.15. The van der Waals surface area contributed by atoms with Crippen molar-refractivity contribution in [2.45, 2.75) is 26.3 Å². The zero-order valence-corrected chi connectivity index (χ0v) is 18.0. The van der Waals surface area contributed by atoms with Crippen LogP contribution < -0.4 is 9.47 Å². The number of thioether (sulfide) groups is 1. The second kappa shape index (κ2) is 9.65. The zero-order chi connectivity index (χ0) is 20.8. The Morgan fingerprint density at radius 1 is 1.24 bits per heavy atom. The molecule has 0 unspecified atom stereocenters. The van der Waals surface area contributed by atoms with Gasteiger partial charge in [0.2, 0.25) is 0 Å². The van der Waals surface area contributed by atoms with Gasteiger partial charge >= 0.3 is 0 Å². The van der Waals surface area contributed by atoms with Crippen LogP contribution in [0.3, 0.4) is 0 Å². The highest BCUT2D eigenvalue weighted by Gasteiger charge is 2.32. The monoisotopic (exact) mass is 410 g/mol. The molecule has 1 aliphatic heterocycles. The van der Waals surface area contributed by atoms with Gasteiger partial charge in [-0.1, -0.05) is 30.8 Å². The molecule has 29 heavy (non-hydrogen) atoms. The van der Waals surface area contributed by atoms with Crippen LogP contribution in [0.15, 0.2) is 53.5 Å². The summed E-state index contributed by atoms with van der Waals surface area (Å²) in [7, 11) is 3.22. The van der Waals surface area contributed by atoms with Gasteiger partial charge in [0.15, 0.2) is 5.17 Å². The molecule has 1 saturated heterocycles. The average Bonchev–Trinajstić information content (AvgIpc) is 3.14. The van der Waals surface area contributed by atoms with Gasteiger partial charge in [0.25, 0.3) is 5.91 Å². The Morgan fingerprint density at radius 2 is 2.07 bits per heavy atom. The van der Waals surface area contributed by atoms with Crippen LogP contribution >= 0.6 is 11.8 Å². The second-order valence-electron chi connectivity index (χ2n) is 6.76. The first kappa shape index (κ1) is 21.0. The molecule has 0 aromatic heterocycles. The first-order valence-electron chi connectivity index (χ1n) is 9.57. The number of hydrogen-bond acceptors (Lipinski definition) is 5. The molecule has 0 radical (unpaired) electrons. The van der Waals surface area contributed by atoms with Crippen molar-refractivity contribution < 1.29 is 14.3 Å². The summed E-state index contributed by atoms with van der Waals surface area (Å²) >= 11 is 1.62. The van der Waals surface area contributed by atoms with Gasteiger partial charge in [-0.2, -0.15) is 0 Å². The Bertz CT molecular complexity index is 939. The first-order valence-corrected chi connectivity index (χ1v) is 10.6. The van der Waals surface area contributed by atoms with Crippen molar-refractivity contribution in [3.05, 3.63) is 59.7 Å². The Kier molecular flexibility index (Phi) is 6.99. The molecule has 152 valence electrons. The lowest BCUT2D eigenvalue weighted by Crippen LogP contribution is -2.37. The van der Waals surface area contributed by atoms with Gasteiger partial charge in [0.05, 0.1) is 19.9 Å². The lowest BCUT2D eigenvalue weighted by molar-refractivity contribution is -0.123. The highest BCUT2D eigenvalue weighted by atomic mass is 32.2. The maximum atomic E-state index is 13.1. The molecule has 3 rings (SSSR count). The molecular formula is C23H26N2O3S. The Hall–Kier alpha value is -2.73. The third kappa shape index (κ3) is 5.01. The number of amides is 1. The lowest BCUT2D eigenvalue weighted by Gasteiger charge is -2.21. The number of hydrogen-bond donors (Lipinski definition) is 0. The maximum absolute atomic E-state index is 13.1. The van der Waals surface area contributed by atoms with E-state index in [9.17, 15) is 4.79 Å². The van der Waals surface area contributed by atoms with E-state index in [1.165, 1.54) is 0 Å². The summed E-state index contributed by atoms with van der Waals surface area (Å²) in [6.45, 7) is 4.13. The molecule has 2 aromatic carbocycles. The minimum absolute atomic E-state index is 0.0851.